The molecule has 4 rings (SSSR count). The van der Waals surface area contributed by atoms with Crippen LogP contribution in [-0.2, 0) is 17.7 Å². The van der Waals surface area contributed by atoms with Gasteiger partial charge in [-0.15, -0.1) is 5.10 Å². The number of ether oxygens (including phenoxy) is 1. The van der Waals surface area contributed by atoms with Crippen molar-refractivity contribution in [1.82, 2.24) is 19.9 Å². The third-order valence-electron chi connectivity index (χ3n) is 5.30. The molecule has 0 bridgehead atoms. The topological polar surface area (TPSA) is 80.5 Å². The van der Waals surface area contributed by atoms with E-state index in [9.17, 15) is 9.90 Å². The van der Waals surface area contributed by atoms with Crippen LogP contribution in [0.25, 0.3) is 5.69 Å². The molecule has 2 aromatic rings. The van der Waals surface area contributed by atoms with Gasteiger partial charge in [0.05, 0.1) is 11.4 Å². The first-order chi connectivity index (χ1) is 12.1. The molecule has 1 fully saturated rings. The van der Waals surface area contributed by atoms with Crippen molar-refractivity contribution in [2.45, 2.75) is 38.8 Å². The number of aromatic carboxylic acids is 1. The van der Waals surface area contributed by atoms with Gasteiger partial charge >= 0.3 is 5.97 Å². The van der Waals surface area contributed by atoms with E-state index in [1.165, 1.54) is 11.1 Å². The van der Waals surface area contributed by atoms with Crippen LogP contribution in [0, 0.1) is 6.92 Å². The van der Waals surface area contributed by atoms with Crippen LogP contribution < -0.4 is 0 Å². The summed E-state index contributed by atoms with van der Waals surface area (Å²) in [7, 11) is 0. The highest BCUT2D eigenvalue weighted by Crippen LogP contribution is 2.28. The van der Waals surface area contributed by atoms with Gasteiger partial charge in [0.25, 0.3) is 0 Å². The second-order valence-corrected chi connectivity index (χ2v) is 6.72. The van der Waals surface area contributed by atoms with Gasteiger partial charge < -0.3 is 9.84 Å². The number of fused-ring (bicyclic) bond motifs is 1. The highest BCUT2D eigenvalue weighted by atomic mass is 16.5. The summed E-state index contributed by atoms with van der Waals surface area (Å²) in [5, 5.41) is 17.1. The minimum Gasteiger partial charge on any atom is -0.476 e. The summed E-state index contributed by atoms with van der Waals surface area (Å²) in [6.45, 7) is 5.38. The van der Waals surface area contributed by atoms with Crippen molar-refractivity contribution >= 4 is 5.97 Å². The van der Waals surface area contributed by atoms with Crippen molar-refractivity contribution in [3.8, 4) is 5.69 Å². The lowest BCUT2D eigenvalue weighted by Gasteiger charge is -2.38. The van der Waals surface area contributed by atoms with Crippen LogP contribution in [0.1, 0.15) is 40.2 Å². The quantitative estimate of drug-likeness (QED) is 0.916. The van der Waals surface area contributed by atoms with Gasteiger partial charge in [-0.3, -0.25) is 4.90 Å². The molecule has 2 aliphatic rings. The average Bonchev–Trinajstić information content (AvgIpc) is 3.03. The zero-order valence-electron chi connectivity index (χ0n) is 14.3. The number of rotatable bonds is 3. The summed E-state index contributed by atoms with van der Waals surface area (Å²) in [4.78, 5) is 13.8. The number of hydrogen-bond donors (Lipinski definition) is 1. The summed E-state index contributed by atoms with van der Waals surface area (Å²) in [6, 6.07) is 6.77. The van der Waals surface area contributed by atoms with Gasteiger partial charge in [0.2, 0.25) is 0 Å². The van der Waals surface area contributed by atoms with Gasteiger partial charge in [-0.1, -0.05) is 17.3 Å². The molecule has 1 N–H and O–H groups in total. The van der Waals surface area contributed by atoms with Crippen LogP contribution in [0.3, 0.4) is 0 Å². The number of benzene rings is 1. The maximum Gasteiger partial charge on any atom is 0.358 e. The number of hydrogen-bond acceptors (Lipinski definition) is 5. The van der Waals surface area contributed by atoms with E-state index < -0.39 is 5.97 Å². The monoisotopic (exact) mass is 342 g/mol. The first-order valence-corrected chi connectivity index (χ1v) is 8.73. The van der Waals surface area contributed by atoms with Crippen LogP contribution in [-0.4, -0.2) is 56.8 Å². The third kappa shape index (κ3) is 2.94. The zero-order valence-corrected chi connectivity index (χ0v) is 14.3. The number of carboxylic acid groups (broad SMARTS) is 1. The molecule has 1 saturated heterocycles. The van der Waals surface area contributed by atoms with Crippen LogP contribution >= 0.6 is 0 Å². The Morgan fingerprint density at radius 1 is 1.32 bits per heavy atom. The predicted molar refractivity (Wildman–Crippen MR) is 91.0 cm³/mol. The minimum atomic E-state index is -1.04. The van der Waals surface area contributed by atoms with Gasteiger partial charge in [0.1, 0.15) is 0 Å². The third-order valence-corrected chi connectivity index (χ3v) is 5.30. The molecule has 132 valence electrons. The van der Waals surface area contributed by atoms with Crippen molar-refractivity contribution in [2.24, 2.45) is 0 Å². The van der Waals surface area contributed by atoms with Crippen molar-refractivity contribution in [3.63, 3.8) is 0 Å². The summed E-state index contributed by atoms with van der Waals surface area (Å²) < 4.78 is 7.14. The van der Waals surface area contributed by atoms with Crippen molar-refractivity contribution in [3.05, 3.63) is 40.7 Å². The summed E-state index contributed by atoms with van der Waals surface area (Å²) >= 11 is 0. The molecule has 0 unspecified atom stereocenters. The number of nitrogens with zero attached hydrogens (tertiary/aromatic N) is 4. The summed E-state index contributed by atoms with van der Waals surface area (Å²) in [6.07, 6.45) is 3.13. The number of carbonyl (C=O) groups is 1. The molecular weight excluding hydrogens is 320 g/mol. The smallest absolute Gasteiger partial charge is 0.358 e. The van der Waals surface area contributed by atoms with E-state index in [0.717, 1.165) is 51.3 Å². The first kappa shape index (κ1) is 16.2. The highest BCUT2D eigenvalue weighted by molar-refractivity contribution is 5.86. The Morgan fingerprint density at radius 2 is 2.12 bits per heavy atom. The molecule has 1 aromatic heterocycles. The highest BCUT2D eigenvalue weighted by Gasteiger charge is 2.27. The molecule has 3 heterocycles. The number of aromatic nitrogens is 3. The molecule has 0 amide bonds. The Kier molecular flexibility index (Phi) is 4.27. The minimum absolute atomic E-state index is 0.0113. The van der Waals surface area contributed by atoms with Crippen molar-refractivity contribution < 1.29 is 14.6 Å². The van der Waals surface area contributed by atoms with Crippen LogP contribution in [0.4, 0.5) is 0 Å². The van der Waals surface area contributed by atoms with Crippen LogP contribution in [0.5, 0.6) is 0 Å². The Balaban J connectivity index is 1.64. The van der Waals surface area contributed by atoms with E-state index >= 15 is 0 Å². The second kappa shape index (κ2) is 6.57. The molecule has 25 heavy (non-hydrogen) atoms. The molecule has 2 aliphatic heterocycles. The lowest BCUT2D eigenvalue weighted by atomic mass is 9.95. The van der Waals surface area contributed by atoms with Crippen LogP contribution in [0.15, 0.2) is 18.2 Å². The Labute approximate surface area is 146 Å². The largest absolute Gasteiger partial charge is 0.476 e. The number of carboxylic acids is 1. The standard InChI is InChI=1S/C18H22N4O3/c1-12-17(18(23)24)19-20-22(12)16-4-2-3-13-11-21(8-5-15(13)16)14-6-9-25-10-7-14/h2-4,14H,5-11H2,1H3,(H,23,24). The van der Waals surface area contributed by atoms with Crippen LogP contribution in [0.2, 0.25) is 0 Å². The van der Waals surface area contributed by atoms with Gasteiger partial charge in [-0.25, -0.2) is 9.48 Å². The maximum absolute atomic E-state index is 11.2. The maximum atomic E-state index is 11.2. The predicted octanol–water partition coefficient (Wildman–Crippen LogP) is 1.81. The van der Waals surface area contributed by atoms with Gasteiger partial charge in [0, 0.05) is 32.3 Å². The summed E-state index contributed by atoms with van der Waals surface area (Å²) in [5.74, 6) is -1.04. The normalized spacial score (nSPS) is 18.9. The first-order valence-electron chi connectivity index (χ1n) is 8.73. The van der Waals surface area contributed by atoms with E-state index in [-0.39, 0.29) is 5.69 Å². The Morgan fingerprint density at radius 3 is 2.84 bits per heavy atom. The summed E-state index contributed by atoms with van der Waals surface area (Å²) in [5.41, 5.74) is 4.06. The molecule has 1 aromatic carbocycles. The second-order valence-electron chi connectivity index (χ2n) is 6.72. The van der Waals surface area contributed by atoms with E-state index in [1.54, 1.807) is 11.6 Å². The lowest BCUT2D eigenvalue weighted by Crippen LogP contribution is -2.42. The Hall–Kier alpha value is -2.25. The molecule has 7 heteroatoms. The Bertz CT molecular complexity index is 796. The van der Waals surface area contributed by atoms with E-state index in [4.69, 9.17) is 4.74 Å². The van der Waals surface area contributed by atoms with E-state index in [2.05, 4.69) is 21.3 Å². The lowest BCUT2D eigenvalue weighted by molar-refractivity contribution is 0.0290. The van der Waals surface area contributed by atoms with Gasteiger partial charge in [-0.05, 0) is 43.4 Å². The van der Waals surface area contributed by atoms with E-state index in [0.29, 0.717) is 11.7 Å². The molecule has 0 atom stereocenters. The molecule has 7 nitrogen and oxygen atoms in total. The fraction of sp³-hybridized carbons (Fsp3) is 0.500. The van der Waals surface area contributed by atoms with Crippen molar-refractivity contribution in [2.75, 3.05) is 19.8 Å². The molecular formula is C18H22N4O3. The fourth-order valence-electron chi connectivity index (χ4n) is 3.93. The molecule has 0 spiro atoms. The van der Waals surface area contributed by atoms with Gasteiger partial charge in [0.15, 0.2) is 5.69 Å². The molecule has 0 aliphatic carbocycles. The molecule has 0 radical (unpaired) electrons. The van der Waals surface area contributed by atoms with Gasteiger partial charge in [-0.2, -0.15) is 0 Å². The fourth-order valence-corrected chi connectivity index (χ4v) is 3.93. The molecule has 0 saturated carbocycles. The van der Waals surface area contributed by atoms with E-state index in [1.807, 2.05) is 12.1 Å². The zero-order chi connectivity index (χ0) is 17.4. The van der Waals surface area contributed by atoms with Crippen molar-refractivity contribution in [1.29, 1.82) is 0 Å². The SMILES string of the molecule is Cc1c(C(=O)O)nnn1-c1cccc2c1CCN(C1CCOCC1)C2. The average molecular weight is 342 g/mol.